The summed E-state index contributed by atoms with van der Waals surface area (Å²) in [6, 6.07) is 5.48. The molecule has 1 atom stereocenters. The van der Waals surface area contributed by atoms with Crippen LogP contribution in [0, 0.1) is 5.92 Å². The largest absolute Gasteiger partial charge is 0.390 e. The molecule has 1 aliphatic rings. The van der Waals surface area contributed by atoms with Crippen LogP contribution in [0.25, 0.3) is 6.08 Å². The molecule has 0 saturated carbocycles. The highest BCUT2D eigenvalue weighted by molar-refractivity contribution is 6.52. The van der Waals surface area contributed by atoms with Crippen LogP contribution >= 0.6 is 0 Å². The summed E-state index contributed by atoms with van der Waals surface area (Å²) in [5.74, 6) is -0.914. The molecule has 0 aliphatic heterocycles. The number of hydrogen-bond acceptors (Lipinski definition) is 4. The summed E-state index contributed by atoms with van der Waals surface area (Å²) in [4.78, 5) is 24.8. The molecule has 4 nitrogen and oxygen atoms in total. The molecule has 23 heavy (non-hydrogen) atoms. The van der Waals surface area contributed by atoms with Crippen LogP contribution in [-0.2, 0) is 11.2 Å². The maximum Gasteiger partial charge on any atom is 0.234 e. The van der Waals surface area contributed by atoms with Crippen LogP contribution < -0.4 is 0 Å². The first-order valence-electron chi connectivity index (χ1n) is 7.96. The van der Waals surface area contributed by atoms with E-state index in [0.717, 1.165) is 11.1 Å². The minimum atomic E-state index is -1.20. The summed E-state index contributed by atoms with van der Waals surface area (Å²) < 4.78 is 0. The third-order valence-corrected chi connectivity index (χ3v) is 4.31. The third-order valence-electron chi connectivity index (χ3n) is 4.31. The highest BCUT2D eigenvalue weighted by Gasteiger charge is 2.31. The van der Waals surface area contributed by atoms with E-state index in [0.29, 0.717) is 24.0 Å². The Kier molecular flexibility index (Phi) is 4.87. The molecular formula is C19H24O4. The summed E-state index contributed by atoms with van der Waals surface area (Å²) in [5, 5.41) is 19.8. The smallest absolute Gasteiger partial charge is 0.234 e. The van der Waals surface area contributed by atoms with Gasteiger partial charge in [0.1, 0.15) is 0 Å². The fourth-order valence-electron chi connectivity index (χ4n) is 2.78. The molecule has 0 aromatic heterocycles. The number of rotatable bonds is 5. The second-order valence-corrected chi connectivity index (χ2v) is 7.00. The number of carbonyl (C=O) groups is 2. The van der Waals surface area contributed by atoms with E-state index in [1.54, 1.807) is 26.0 Å². The van der Waals surface area contributed by atoms with Gasteiger partial charge in [-0.1, -0.05) is 32.0 Å². The first-order chi connectivity index (χ1) is 10.6. The van der Waals surface area contributed by atoms with Crippen molar-refractivity contribution in [3.05, 3.63) is 40.5 Å². The molecule has 0 spiro atoms. The van der Waals surface area contributed by atoms with E-state index < -0.39 is 23.3 Å². The van der Waals surface area contributed by atoms with E-state index in [-0.39, 0.29) is 5.92 Å². The number of aliphatic hydroxyl groups is 2. The molecule has 0 fully saturated rings. The zero-order chi connectivity index (χ0) is 17.4. The normalized spacial score (nSPS) is 16.4. The van der Waals surface area contributed by atoms with Crippen molar-refractivity contribution >= 4 is 17.6 Å². The molecular weight excluding hydrogens is 292 g/mol. The van der Waals surface area contributed by atoms with Gasteiger partial charge in [0, 0.05) is 11.1 Å². The Morgan fingerprint density at radius 1 is 1.13 bits per heavy atom. The van der Waals surface area contributed by atoms with Crippen molar-refractivity contribution in [2.24, 2.45) is 5.92 Å². The standard InChI is InChI=1S/C19H24O4/c1-11(2)14-10-13-7-5-6-12(16(13)18(22)17(14)21)8-9-15(20)19(3,4)23/h5-7,10-11,15,20,23H,8-9H2,1-4H3. The highest BCUT2D eigenvalue weighted by Crippen LogP contribution is 2.29. The Hall–Kier alpha value is -1.78. The molecule has 1 aromatic rings. The summed E-state index contributed by atoms with van der Waals surface area (Å²) in [7, 11) is 0. The van der Waals surface area contributed by atoms with Crippen molar-refractivity contribution in [2.45, 2.75) is 52.2 Å². The first-order valence-corrected chi connectivity index (χ1v) is 7.96. The van der Waals surface area contributed by atoms with Crippen molar-refractivity contribution in [3.8, 4) is 0 Å². The van der Waals surface area contributed by atoms with Crippen LogP contribution in [0.15, 0.2) is 23.8 Å². The average molecular weight is 316 g/mol. The van der Waals surface area contributed by atoms with Gasteiger partial charge in [-0.25, -0.2) is 0 Å². The average Bonchev–Trinajstić information content (AvgIpc) is 2.46. The number of hydrogen-bond donors (Lipinski definition) is 2. The molecule has 0 saturated heterocycles. The van der Waals surface area contributed by atoms with Gasteiger partial charge in [-0.15, -0.1) is 0 Å². The van der Waals surface area contributed by atoms with Gasteiger partial charge in [0.2, 0.25) is 11.6 Å². The van der Waals surface area contributed by atoms with Crippen molar-refractivity contribution in [2.75, 3.05) is 0 Å². The van der Waals surface area contributed by atoms with E-state index in [9.17, 15) is 19.8 Å². The quantitative estimate of drug-likeness (QED) is 0.819. The molecule has 124 valence electrons. The monoisotopic (exact) mass is 316 g/mol. The molecule has 1 aromatic carbocycles. The van der Waals surface area contributed by atoms with E-state index in [1.165, 1.54) is 0 Å². The van der Waals surface area contributed by atoms with Gasteiger partial charge in [-0.2, -0.15) is 0 Å². The molecule has 0 heterocycles. The van der Waals surface area contributed by atoms with Crippen LogP contribution in [-0.4, -0.2) is 33.5 Å². The summed E-state index contributed by atoms with van der Waals surface area (Å²) >= 11 is 0. The Balaban J connectivity index is 2.35. The Morgan fingerprint density at radius 2 is 1.78 bits per heavy atom. The number of aryl methyl sites for hydroxylation is 1. The second kappa shape index (κ2) is 6.38. The lowest BCUT2D eigenvalue weighted by Crippen LogP contribution is -2.36. The lowest BCUT2D eigenvalue weighted by atomic mass is 9.82. The Bertz CT molecular complexity index is 662. The summed E-state index contributed by atoms with van der Waals surface area (Å²) in [6.45, 7) is 6.88. The maximum atomic E-state index is 12.5. The van der Waals surface area contributed by atoms with Crippen LogP contribution in [0.1, 0.15) is 55.6 Å². The molecule has 0 radical (unpaired) electrons. The van der Waals surface area contributed by atoms with Crippen LogP contribution in [0.3, 0.4) is 0 Å². The summed E-state index contributed by atoms with van der Waals surface area (Å²) in [5.41, 5.74) is 1.28. The fraction of sp³-hybridized carbons (Fsp3) is 0.474. The molecule has 0 amide bonds. The number of carbonyl (C=O) groups excluding carboxylic acids is 2. The summed E-state index contributed by atoms with van der Waals surface area (Å²) in [6.07, 6.45) is 1.65. The lowest BCUT2D eigenvalue weighted by molar-refractivity contribution is -0.112. The maximum absolute atomic E-state index is 12.5. The predicted octanol–water partition coefficient (Wildman–Crippen LogP) is 2.56. The minimum absolute atomic E-state index is 0.000247. The van der Waals surface area contributed by atoms with Crippen molar-refractivity contribution in [3.63, 3.8) is 0 Å². The molecule has 1 aliphatic carbocycles. The van der Waals surface area contributed by atoms with Gasteiger partial charge in [0.25, 0.3) is 0 Å². The number of allylic oxidation sites excluding steroid dienone is 1. The van der Waals surface area contributed by atoms with Gasteiger partial charge in [0.05, 0.1) is 11.7 Å². The number of benzene rings is 1. The highest BCUT2D eigenvalue weighted by atomic mass is 16.3. The second-order valence-electron chi connectivity index (χ2n) is 7.00. The predicted molar refractivity (Wildman–Crippen MR) is 89.2 cm³/mol. The topological polar surface area (TPSA) is 74.6 Å². The van der Waals surface area contributed by atoms with Gasteiger partial charge < -0.3 is 10.2 Å². The molecule has 0 bridgehead atoms. The zero-order valence-corrected chi connectivity index (χ0v) is 14.1. The number of fused-ring (bicyclic) bond motifs is 1. The van der Waals surface area contributed by atoms with Gasteiger partial charge in [0.15, 0.2) is 0 Å². The molecule has 4 heteroatoms. The molecule has 1 unspecified atom stereocenters. The van der Waals surface area contributed by atoms with E-state index in [2.05, 4.69) is 0 Å². The first kappa shape index (κ1) is 17.6. The van der Waals surface area contributed by atoms with Gasteiger partial charge in [-0.05, 0) is 49.8 Å². The van der Waals surface area contributed by atoms with Crippen molar-refractivity contribution < 1.29 is 19.8 Å². The third kappa shape index (κ3) is 3.59. The van der Waals surface area contributed by atoms with Crippen LogP contribution in [0.5, 0.6) is 0 Å². The number of aliphatic hydroxyl groups excluding tert-OH is 1. The SMILES string of the molecule is CC(C)C1=Cc2cccc(CCC(O)C(C)(C)O)c2C(=O)C1=O. The number of ketones is 2. The van der Waals surface area contributed by atoms with E-state index in [4.69, 9.17) is 0 Å². The minimum Gasteiger partial charge on any atom is -0.390 e. The zero-order valence-electron chi connectivity index (χ0n) is 14.1. The van der Waals surface area contributed by atoms with Crippen molar-refractivity contribution in [1.29, 1.82) is 0 Å². The van der Waals surface area contributed by atoms with E-state index in [1.807, 2.05) is 26.0 Å². The van der Waals surface area contributed by atoms with Crippen molar-refractivity contribution in [1.82, 2.24) is 0 Å². The van der Waals surface area contributed by atoms with Gasteiger partial charge >= 0.3 is 0 Å². The molecule has 2 N–H and O–H groups in total. The lowest BCUT2D eigenvalue weighted by Gasteiger charge is -2.25. The Morgan fingerprint density at radius 3 is 2.35 bits per heavy atom. The van der Waals surface area contributed by atoms with Gasteiger partial charge in [-0.3, -0.25) is 9.59 Å². The van der Waals surface area contributed by atoms with Crippen LogP contribution in [0.4, 0.5) is 0 Å². The van der Waals surface area contributed by atoms with Crippen LogP contribution in [0.2, 0.25) is 0 Å². The fourth-order valence-corrected chi connectivity index (χ4v) is 2.78. The molecule has 2 rings (SSSR count). The Labute approximate surface area is 136 Å². The van der Waals surface area contributed by atoms with E-state index >= 15 is 0 Å². The number of Topliss-reactive ketones (excluding diaryl/α,β-unsaturated/α-hetero) is 2.